The summed E-state index contributed by atoms with van der Waals surface area (Å²) in [6.45, 7) is 4.15. The Morgan fingerprint density at radius 2 is 1.16 bits per heavy atom. The van der Waals surface area contributed by atoms with Crippen molar-refractivity contribution in [3.63, 3.8) is 0 Å². The molecule has 0 aliphatic carbocycles. The van der Waals surface area contributed by atoms with Crippen molar-refractivity contribution in [3.05, 3.63) is 125 Å². The molecule has 2 unspecified atom stereocenters. The maximum atomic E-state index is 11.9. The van der Waals surface area contributed by atoms with E-state index in [-0.39, 0.29) is 23.1 Å². The molecule has 0 spiro atoms. The molecule has 0 aliphatic rings. The topological polar surface area (TPSA) is 57.5 Å². The number of phenols is 1. The maximum absolute atomic E-state index is 11.9. The molecule has 0 fully saturated rings. The van der Waals surface area contributed by atoms with Crippen LogP contribution in [0.3, 0.4) is 0 Å². The third-order valence-corrected chi connectivity index (χ3v) is 6.18. The number of benzene rings is 4. The van der Waals surface area contributed by atoms with Crippen molar-refractivity contribution in [1.82, 2.24) is 0 Å². The summed E-state index contributed by atoms with van der Waals surface area (Å²) in [5, 5.41) is 20.4. The molecule has 0 bridgehead atoms. The second-order valence-corrected chi connectivity index (χ2v) is 8.15. The Labute approximate surface area is 188 Å². The van der Waals surface area contributed by atoms with Gasteiger partial charge in [-0.25, -0.2) is 4.79 Å². The summed E-state index contributed by atoms with van der Waals surface area (Å²) in [5.41, 5.74) is 5.67. The first-order valence-electron chi connectivity index (χ1n) is 10.8. The van der Waals surface area contributed by atoms with Crippen LogP contribution in [-0.2, 0) is 0 Å². The van der Waals surface area contributed by atoms with Crippen LogP contribution in [0.1, 0.15) is 58.3 Å². The van der Waals surface area contributed by atoms with Crippen LogP contribution < -0.4 is 0 Å². The monoisotopic (exact) mass is 422 g/mol. The number of aromatic hydroxyl groups is 1. The zero-order valence-electron chi connectivity index (χ0n) is 18.2. The molecule has 2 N–H and O–H groups in total. The number of hydrogen-bond acceptors (Lipinski definition) is 2. The van der Waals surface area contributed by atoms with E-state index in [1.807, 2.05) is 73.7 Å². The van der Waals surface area contributed by atoms with Gasteiger partial charge in [-0.3, -0.25) is 0 Å². The van der Waals surface area contributed by atoms with Crippen molar-refractivity contribution in [1.29, 1.82) is 0 Å². The van der Waals surface area contributed by atoms with Crippen molar-refractivity contribution in [2.45, 2.75) is 25.7 Å². The predicted molar refractivity (Wildman–Crippen MR) is 128 cm³/mol. The number of hydrogen-bond donors (Lipinski definition) is 2. The predicted octanol–water partition coefficient (Wildman–Crippen LogP) is 7.06. The van der Waals surface area contributed by atoms with Gasteiger partial charge < -0.3 is 10.2 Å². The third kappa shape index (κ3) is 4.28. The number of carboxylic acid groups (broad SMARTS) is 1. The maximum Gasteiger partial charge on any atom is 0.339 e. The van der Waals surface area contributed by atoms with Gasteiger partial charge in [0.25, 0.3) is 0 Å². The molecule has 0 saturated heterocycles. The molecule has 32 heavy (non-hydrogen) atoms. The highest BCUT2D eigenvalue weighted by Crippen LogP contribution is 2.38. The van der Waals surface area contributed by atoms with E-state index in [1.165, 1.54) is 11.1 Å². The number of aromatic carboxylic acids is 1. The Kier molecular flexibility index (Phi) is 6.09. The molecule has 2 atom stereocenters. The van der Waals surface area contributed by atoms with E-state index in [0.717, 1.165) is 16.7 Å². The van der Waals surface area contributed by atoms with E-state index in [0.29, 0.717) is 5.56 Å². The van der Waals surface area contributed by atoms with Crippen molar-refractivity contribution >= 4 is 5.97 Å². The number of carboxylic acids is 1. The summed E-state index contributed by atoms with van der Waals surface area (Å²) in [5.74, 6) is -1.20. The van der Waals surface area contributed by atoms with Gasteiger partial charge >= 0.3 is 5.97 Å². The minimum atomic E-state index is -1.14. The Morgan fingerprint density at radius 1 is 0.656 bits per heavy atom. The molecule has 0 aliphatic heterocycles. The van der Waals surface area contributed by atoms with Crippen LogP contribution in [0.15, 0.2) is 97.1 Å². The molecule has 0 amide bonds. The van der Waals surface area contributed by atoms with E-state index in [1.54, 1.807) is 6.07 Å². The van der Waals surface area contributed by atoms with Crippen molar-refractivity contribution in [3.8, 4) is 16.9 Å². The second kappa shape index (κ2) is 9.11. The summed E-state index contributed by atoms with van der Waals surface area (Å²) < 4.78 is 0. The van der Waals surface area contributed by atoms with Crippen molar-refractivity contribution < 1.29 is 15.0 Å². The van der Waals surface area contributed by atoms with Gasteiger partial charge in [0, 0.05) is 17.4 Å². The minimum Gasteiger partial charge on any atom is -0.507 e. The van der Waals surface area contributed by atoms with E-state index in [9.17, 15) is 15.0 Å². The average molecular weight is 423 g/mol. The molecular formula is C29H26O3. The zero-order chi connectivity index (χ0) is 22.7. The zero-order valence-corrected chi connectivity index (χ0v) is 18.2. The van der Waals surface area contributed by atoms with E-state index >= 15 is 0 Å². The summed E-state index contributed by atoms with van der Waals surface area (Å²) >= 11 is 0. The highest BCUT2D eigenvalue weighted by atomic mass is 16.4. The fourth-order valence-corrected chi connectivity index (χ4v) is 4.14. The van der Waals surface area contributed by atoms with Gasteiger partial charge in [0.1, 0.15) is 11.3 Å². The minimum absolute atomic E-state index is 0.0815. The molecule has 0 radical (unpaired) electrons. The molecular weight excluding hydrogens is 396 g/mol. The third-order valence-electron chi connectivity index (χ3n) is 6.18. The fourth-order valence-electron chi connectivity index (χ4n) is 4.14. The normalized spacial score (nSPS) is 12.8. The summed E-state index contributed by atoms with van der Waals surface area (Å²) in [4.78, 5) is 11.9. The molecule has 160 valence electrons. The van der Waals surface area contributed by atoms with Crippen LogP contribution in [0.25, 0.3) is 11.1 Å². The van der Waals surface area contributed by atoms with Gasteiger partial charge in [-0.05, 0) is 39.9 Å². The van der Waals surface area contributed by atoms with E-state index in [4.69, 9.17) is 0 Å². The molecule has 0 saturated carbocycles. The lowest BCUT2D eigenvalue weighted by atomic mass is 9.87. The Morgan fingerprint density at radius 3 is 1.69 bits per heavy atom. The van der Waals surface area contributed by atoms with Crippen LogP contribution in [0, 0.1) is 0 Å². The van der Waals surface area contributed by atoms with Crippen LogP contribution in [0.4, 0.5) is 0 Å². The molecule has 3 nitrogen and oxygen atoms in total. The molecule has 3 heteroatoms. The van der Waals surface area contributed by atoms with Crippen LogP contribution in [0.5, 0.6) is 5.75 Å². The fraction of sp³-hybridized carbons (Fsp3) is 0.138. The Bertz CT molecular complexity index is 1210. The number of rotatable bonds is 6. The van der Waals surface area contributed by atoms with Gasteiger partial charge in [0.15, 0.2) is 0 Å². The molecule has 4 aromatic rings. The van der Waals surface area contributed by atoms with Crippen LogP contribution in [-0.4, -0.2) is 16.2 Å². The highest BCUT2D eigenvalue weighted by Gasteiger charge is 2.21. The largest absolute Gasteiger partial charge is 0.507 e. The van der Waals surface area contributed by atoms with Gasteiger partial charge in [-0.2, -0.15) is 0 Å². The van der Waals surface area contributed by atoms with Gasteiger partial charge in [0.2, 0.25) is 0 Å². The molecule has 4 aromatic carbocycles. The first-order valence-corrected chi connectivity index (χ1v) is 10.8. The van der Waals surface area contributed by atoms with Gasteiger partial charge in [-0.1, -0.05) is 98.8 Å². The van der Waals surface area contributed by atoms with Crippen LogP contribution in [0.2, 0.25) is 0 Å². The Balaban J connectivity index is 1.73. The summed E-state index contributed by atoms with van der Waals surface area (Å²) in [7, 11) is 0. The smallest absolute Gasteiger partial charge is 0.339 e. The lowest BCUT2D eigenvalue weighted by Crippen LogP contribution is -2.04. The van der Waals surface area contributed by atoms with Crippen LogP contribution >= 0.6 is 0 Å². The summed E-state index contributed by atoms with van der Waals surface area (Å²) in [6, 6.07) is 31.8. The second-order valence-electron chi connectivity index (χ2n) is 8.15. The molecule has 4 rings (SSSR count). The lowest BCUT2D eigenvalue weighted by molar-refractivity contribution is 0.0693. The van der Waals surface area contributed by atoms with Crippen molar-refractivity contribution in [2.75, 3.05) is 0 Å². The SMILES string of the molecule is CC(c1ccccc1)c1ccc(-c2cc(C(=O)O)c(O)c(C(C)c3ccccc3)c2)cc1. The molecule has 0 heterocycles. The quantitative estimate of drug-likeness (QED) is 0.350. The number of carbonyl (C=O) groups is 1. The standard InChI is InChI=1S/C29H26O3/c1-19(21-9-5-3-6-10-21)23-13-15-24(16-14-23)25-17-26(28(30)27(18-25)29(31)32)20(2)22-11-7-4-8-12-22/h3-20,30H,1-2H3,(H,31,32). The van der Waals surface area contributed by atoms with Crippen molar-refractivity contribution in [2.24, 2.45) is 0 Å². The van der Waals surface area contributed by atoms with Gasteiger partial charge in [0.05, 0.1) is 0 Å². The van der Waals surface area contributed by atoms with E-state index in [2.05, 4.69) is 31.2 Å². The lowest BCUT2D eigenvalue weighted by Gasteiger charge is -2.18. The van der Waals surface area contributed by atoms with Gasteiger partial charge in [-0.15, -0.1) is 0 Å². The first-order chi connectivity index (χ1) is 15.5. The Hall–Kier alpha value is -3.85. The first kappa shape index (κ1) is 21.4. The van der Waals surface area contributed by atoms with E-state index < -0.39 is 5.97 Å². The average Bonchev–Trinajstić information content (AvgIpc) is 2.84. The highest BCUT2D eigenvalue weighted by molar-refractivity contribution is 5.93. The molecule has 0 aromatic heterocycles. The summed E-state index contributed by atoms with van der Waals surface area (Å²) in [6.07, 6.45) is 0.